The number of nitrogens with zero attached hydrogens (tertiary/aromatic N) is 1. The van der Waals surface area contributed by atoms with Gasteiger partial charge in [0.25, 0.3) is 0 Å². The summed E-state index contributed by atoms with van der Waals surface area (Å²) >= 11 is 0. The number of hydrogen-bond donors (Lipinski definition) is 1. The maximum atomic E-state index is 5.74. The molecule has 4 nitrogen and oxygen atoms in total. The number of benzene rings is 1. The second-order valence-electron chi connectivity index (χ2n) is 6.06. The van der Waals surface area contributed by atoms with Crippen LogP contribution in [-0.2, 0) is 17.7 Å². The summed E-state index contributed by atoms with van der Waals surface area (Å²) in [6.45, 7) is 9.28. The number of ether oxygens (including phenoxy) is 2. The largest absolute Gasteiger partial charge is 0.490 e. The summed E-state index contributed by atoms with van der Waals surface area (Å²) in [4.78, 5) is 2.49. The summed E-state index contributed by atoms with van der Waals surface area (Å²) < 4.78 is 11.1. The summed E-state index contributed by atoms with van der Waals surface area (Å²) in [5.74, 6) is 1.07. The Morgan fingerprint density at radius 1 is 1.29 bits per heavy atom. The molecule has 2 aliphatic rings. The van der Waals surface area contributed by atoms with Crippen molar-refractivity contribution < 1.29 is 9.47 Å². The molecule has 0 aromatic heterocycles. The lowest BCUT2D eigenvalue weighted by atomic mass is 10.1. The maximum absolute atomic E-state index is 5.74. The van der Waals surface area contributed by atoms with Gasteiger partial charge in [-0.3, -0.25) is 4.90 Å². The zero-order valence-corrected chi connectivity index (χ0v) is 12.9. The average Bonchev–Trinajstić information content (AvgIpc) is 2.87. The molecule has 1 aromatic rings. The van der Waals surface area contributed by atoms with Crippen LogP contribution in [0.15, 0.2) is 18.2 Å². The van der Waals surface area contributed by atoms with Gasteiger partial charge in [-0.25, -0.2) is 0 Å². The fourth-order valence-corrected chi connectivity index (χ4v) is 3.07. The number of morpholine rings is 1. The molecule has 1 atom stereocenters. The second kappa shape index (κ2) is 7.25. The molecule has 4 heteroatoms. The van der Waals surface area contributed by atoms with Crippen LogP contribution < -0.4 is 10.1 Å². The summed E-state index contributed by atoms with van der Waals surface area (Å²) in [6.07, 6.45) is 2.57. The van der Waals surface area contributed by atoms with Gasteiger partial charge in [0.05, 0.1) is 13.2 Å². The molecule has 0 aliphatic carbocycles. The fraction of sp³-hybridized carbons (Fsp3) is 0.647. The molecular weight excluding hydrogens is 264 g/mol. The van der Waals surface area contributed by atoms with Crippen molar-refractivity contribution in [3.05, 3.63) is 29.3 Å². The average molecular weight is 290 g/mol. The first-order valence-electron chi connectivity index (χ1n) is 8.10. The summed E-state index contributed by atoms with van der Waals surface area (Å²) in [6, 6.07) is 6.57. The first-order chi connectivity index (χ1) is 10.3. The predicted molar refractivity (Wildman–Crippen MR) is 83.8 cm³/mol. The molecule has 116 valence electrons. The van der Waals surface area contributed by atoms with E-state index in [0.717, 1.165) is 51.6 Å². The Balaban J connectivity index is 1.35. The van der Waals surface area contributed by atoms with Crippen LogP contribution in [-0.4, -0.2) is 50.4 Å². The van der Waals surface area contributed by atoms with E-state index in [1.165, 1.54) is 24.1 Å². The molecule has 1 N–H and O–H groups in total. The van der Waals surface area contributed by atoms with Gasteiger partial charge in [-0.1, -0.05) is 12.1 Å². The highest BCUT2D eigenvalue weighted by molar-refractivity contribution is 5.40. The third-order valence-corrected chi connectivity index (χ3v) is 4.22. The van der Waals surface area contributed by atoms with Crippen LogP contribution in [0.5, 0.6) is 5.75 Å². The monoisotopic (exact) mass is 290 g/mol. The Kier molecular flexibility index (Phi) is 5.12. The van der Waals surface area contributed by atoms with Crippen LogP contribution in [0.4, 0.5) is 0 Å². The zero-order chi connectivity index (χ0) is 14.5. The lowest BCUT2D eigenvalue weighted by Crippen LogP contribution is -2.37. The van der Waals surface area contributed by atoms with Crippen molar-refractivity contribution in [2.75, 3.05) is 39.4 Å². The molecule has 0 saturated carbocycles. The molecule has 3 rings (SSSR count). The minimum Gasteiger partial charge on any atom is -0.490 e. The molecule has 0 radical (unpaired) electrons. The van der Waals surface area contributed by atoms with Crippen LogP contribution in [0.25, 0.3) is 0 Å². The maximum Gasteiger partial charge on any atom is 0.123 e. The zero-order valence-electron chi connectivity index (χ0n) is 12.9. The third-order valence-electron chi connectivity index (χ3n) is 4.22. The Morgan fingerprint density at radius 3 is 3.00 bits per heavy atom. The van der Waals surface area contributed by atoms with Gasteiger partial charge >= 0.3 is 0 Å². The highest BCUT2D eigenvalue weighted by atomic mass is 16.5. The van der Waals surface area contributed by atoms with Gasteiger partial charge < -0.3 is 14.8 Å². The van der Waals surface area contributed by atoms with E-state index in [1.54, 1.807) is 0 Å². The minimum atomic E-state index is 0.330. The highest BCUT2D eigenvalue weighted by Crippen LogP contribution is 2.29. The van der Waals surface area contributed by atoms with Crippen LogP contribution in [0.1, 0.15) is 24.5 Å². The van der Waals surface area contributed by atoms with Gasteiger partial charge in [0.1, 0.15) is 11.9 Å². The van der Waals surface area contributed by atoms with E-state index < -0.39 is 0 Å². The van der Waals surface area contributed by atoms with E-state index in [9.17, 15) is 0 Å². The summed E-state index contributed by atoms with van der Waals surface area (Å²) in [5, 5.41) is 3.54. The van der Waals surface area contributed by atoms with E-state index in [2.05, 4.69) is 35.3 Å². The van der Waals surface area contributed by atoms with Crippen LogP contribution in [0.2, 0.25) is 0 Å². The molecule has 2 heterocycles. The first kappa shape index (κ1) is 14.8. The van der Waals surface area contributed by atoms with Crippen molar-refractivity contribution >= 4 is 0 Å². The van der Waals surface area contributed by atoms with E-state index >= 15 is 0 Å². The molecule has 1 saturated heterocycles. The third kappa shape index (κ3) is 4.19. The van der Waals surface area contributed by atoms with Crippen molar-refractivity contribution in [3.8, 4) is 5.75 Å². The Labute approximate surface area is 127 Å². The molecule has 0 amide bonds. The predicted octanol–water partition coefficient (Wildman–Crippen LogP) is 1.82. The smallest absolute Gasteiger partial charge is 0.123 e. The molecule has 1 fully saturated rings. The van der Waals surface area contributed by atoms with Crippen molar-refractivity contribution in [2.24, 2.45) is 0 Å². The number of hydrogen-bond acceptors (Lipinski definition) is 4. The molecule has 2 aliphatic heterocycles. The molecule has 1 aromatic carbocycles. The van der Waals surface area contributed by atoms with Gasteiger partial charge in [0, 0.05) is 26.1 Å². The molecule has 0 spiro atoms. The Bertz CT molecular complexity index is 458. The Morgan fingerprint density at radius 2 is 2.14 bits per heavy atom. The van der Waals surface area contributed by atoms with Gasteiger partial charge in [0.2, 0.25) is 0 Å². The lowest BCUT2D eigenvalue weighted by molar-refractivity contribution is 0.0374. The van der Waals surface area contributed by atoms with Gasteiger partial charge in [-0.15, -0.1) is 0 Å². The fourth-order valence-electron chi connectivity index (χ4n) is 3.07. The van der Waals surface area contributed by atoms with Crippen molar-refractivity contribution in [3.63, 3.8) is 0 Å². The van der Waals surface area contributed by atoms with E-state index in [1.807, 2.05) is 0 Å². The Hall–Kier alpha value is -1.10. The normalized spacial score (nSPS) is 22.0. The standard InChI is InChI=1S/C17H26N2O2/c1-14-11-16-12-15(3-4-17(16)21-14)13-18-5-2-6-19-7-9-20-10-8-19/h3-4,12,14,18H,2,5-11,13H2,1H3. The van der Waals surface area contributed by atoms with Gasteiger partial charge in [-0.2, -0.15) is 0 Å². The number of fused-ring (bicyclic) bond motifs is 1. The highest BCUT2D eigenvalue weighted by Gasteiger charge is 2.18. The van der Waals surface area contributed by atoms with Crippen LogP contribution >= 0.6 is 0 Å². The lowest BCUT2D eigenvalue weighted by Gasteiger charge is -2.26. The van der Waals surface area contributed by atoms with Gasteiger partial charge in [0.15, 0.2) is 0 Å². The van der Waals surface area contributed by atoms with Crippen molar-refractivity contribution in [1.29, 1.82) is 0 Å². The van der Waals surface area contributed by atoms with E-state index in [4.69, 9.17) is 9.47 Å². The molecular formula is C17H26N2O2. The number of nitrogens with one attached hydrogen (secondary N) is 1. The first-order valence-corrected chi connectivity index (χ1v) is 8.10. The van der Waals surface area contributed by atoms with Crippen LogP contribution in [0.3, 0.4) is 0 Å². The van der Waals surface area contributed by atoms with E-state index in [0.29, 0.717) is 6.10 Å². The molecule has 0 bridgehead atoms. The minimum absolute atomic E-state index is 0.330. The number of rotatable bonds is 6. The SMILES string of the molecule is CC1Cc2cc(CNCCCN3CCOCC3)ccc2O1. The topological polar surface area (TPSA) is 33.7 Å². The summed E-state index contributed by atoms with van der Waals surface area (Å²) in [7, 11) is 0. The quantitative estimate of drug-likeness (QED) is 0.810. The van der Waals surface area contributed by atoms with Gasteiger partial charge in [-0.05, 0) is 43.6 Å². The van der Waals surface area contributed by atoms with E-state index in [-0.39, 0.29) is 0 Å². The summed E-state index contributed by atoms with van der Waals surface area (Å²) in [5.41, 5.74) is 2.72. The van der Waals surface area contributed by atoms with Crippen LogP contribution in [0, 0.1) is 0 Å². The molecule has 1 unspecified atom stereocenters. The molecule has 21 heavy (non-hydrogen) atoms. The second-order valence-corrected chi connectivity index (χ2v) is 6.06. The van der Waals surface area contributed by atoms with Crippen molar-refractivity contribution in [2.45, 2.75) is 32.4 Å². The van der Waals surface area contributed by atoms with Crippen molar-refractivity contribution in [1.82, 2.24) is 10.2 Å².